The van der Waals surface area contributed by atoms with E-state index < -0.39 is 0 Å². The second-order valence-corrected chi connectivity index (χ2v) is 7.89. The fourth-order valence-corrected chi connectivity index (χ4v) is 3.88. The van der Waals surface area contributed by atoms with E-state index >= 15 is 0 Å². The first-order chi connectivity index (χ1) is 13.6. The number of carbonyl (C=O) groups excluding carboxylic acids is 1. The third-order valence-corrected chi connectivity index (χ3v) is 5.80. The molecule has 0 bridgehead atoms. The van der Waals surface area contributed by atoms with Gasteiger partial charge in [0.15, 0.2) is 18.0 Å². The van der Waals surface area contributed by atoms with Crippen LogP contribution in [0.1, 0.15) is 43.2 Å². The average Bonchev–Trinajstić information content (AvgIpc) is 3.16. The van der Waals surface area contributed by atoms with E-state index in [1.54, 1.807) is 0 Å². The molecule has 2 heterocycles. The number of hydrogen-bond donors (Lipinski definition) is 1. The normalized spacial score (nSPS) is 16.4. The summed E-state index contributed by atoms with van der Waals surface area (Å²) in [7, 11) is 0. The number of nitrogens with zero attached hydrogens (tertiary/aromatic N) is 2. The highest BCUT2D eigenvalue weighted by atomic mass is 35.5. The largest absolute Gasteiger partial charge is 0.440 e. The zero-order valence-electron chi connectivity index (χ0n) is 16.0. The minimum absolute atomic E-state index is 0.192. The Balaban J connectivity index is 1.28. The van der Waals surface area contributed by atoms with Gasteiger partial charge in [-0.2, -0.15) is 0 Å². The number of oxazole rings is 1. The van der Waals surface area contributed by atoms with Crippen molar-refractivity contribution >= 4 is 28.6 Å². The lowest BCUT2D eigenvalue weighted by atomic mass is 9.96. The maximum absolute atomic E-state index is 12.6. The van der Waals surface area contributed by atoms with Gasteiger partial charge in [-0.15, -0.1) is 0 Å². The maximum atomic E-state index is 12.6. The minimum atomic E-state index is 0.192. The number of halogens is 1. The van der Waals surface area contributed by atoms with Crippen molar-refractivity contribution in [2.24, 2.45) is 0 Å². The van der Waals surface area contributed by atoms with Crippen molar-refractivity contribution < 1.29 is 14.5 Å². The molecular formula is C22H25ClN3O2+. The lowest BCUT2D eigenvalue weighted by Gasteiger charge is -2.30. The zero-order chi connectivity index (χ0) is 19.5. The van der Waals surface area contributed by atoms with Crippen molar-refractivity contribution in [3.63, 3.8) is 0 Å². The molecule has 2 N–H and O–H groups in total. The van der Waals surface area contributed by atoms with Crippen LogP contribution >= 0.6 is 11.6 Å². The third-order valence-electron chi connectivity index (χ3n) is 5.55. The molecule has 1 saturated heterocycles. The molecule has 28 heavy (non-hydrogen) atoms. The fourth-order valence-electron chi connectivity index (χ4n) is 3.75. The Morgan fingerprint density at radius 2 is 1.93 bits per heavy atom. The second kappa shape index (κ2) is 8.33. The predicted octanol–water partition coefficient (Wildman–Crippen LogP) is 3.51. The monoisotopic (exact) mass is 398 g/mol. The average molecular weight is 399 g/mol. The number of amides is 1. The molecule has 5 nitrogen and oxygen atoms in total. The van der Waals surface area contributed by atoms with Crippen LogP contribution in [0.25, 0.3) is 11.1 Å². The van der Waals surface area contributed by atoms with Crippen LogP contribution in [-0.4, -0.2) is 35.4 Å². The maximum Gasteiger partial charge on any atom is 0.277 e. The van der Waals surface area contributed by atoms with Gasteiger partial charge in [-0.3, -0.25) is 4.79 Å². The minimum Gasteiger partial charge on any atom is -0.440 e. The van der Waals surface area contributed by atoms with Gasteiger partial charge >= 0.3 is 0 Å². The smallest absolute Gasteiger partial charge is 0.277 e. The highest BCUT2D eigenvalue weighted by molar-refractivity contribution is 6.30. The summed E-state index contributed by atoms with van der Waals surface area (Å²) in [6, 6.07) is 15.9. The highest BCUT2D eigenvalue weighted by Gasteiger charge is 2.27. The molecule has 0 unspecified atom stereocenters. The predicted molar refractivity (Wildman–Crippen MR) is 109 cm³/mol. The second-order valence-electron chi connectivity index (χ2n) is 7.45. The van der Waals surface area contributed by atoms with Gasteiger partial charge in [0.1, 0.15) is 11.6 Å². The molecule has 146 valence electrons. The van der Waals surface area contributed by atoms with E-state index in [0.717, 1.165) is 47.9 Å². The first kappa shape index (κ1) is 19.0. The summed E-state index contributed by atoms with van der Waals surface area (Å²) in [5.41, 5.74) is 2.91. The molecule has 4 rings (SSSR count). The Kier molecular flexibility index (Phi) is 5.64. The van der Waals surface area contributed by atoms with Crippen LogP contribution in [0.3, 0.4) is 0 Å². The van der Waals surface area contributed by atoms with Crippen LogP contribution in [0.4, 0.5) is 0 Å². The van der Waals surface area contributed by atoms with Gasteiger partial charge < -0.3 is 14.6 Å². The van der Waals surface area contributed by atoms with Crippen molar-refractivity contribution in [1.29, 1.82) is 0 Å². The molecule has 6 heteroatoms. The van der Waals surface area contributed by atoms with Gasteiger partial charge in [0.25, 0.3) is 5.91 Å². The van der Waals surface area contributed by atoms with E-state index in [9.17, 15) is 4.79 Å². The summed E-state index contributed by atoms with van der Waals surface area (Å²) in [5, 5.41) is 2.81. The molecule has 0 radical (unpaired) electrons. The number of carbonyl (C=O) groups is 1. The number of hydrogen-bond acceptors (Lipinski definition) is 3. The van der Waals surface area contributed by atoms with Gasteiger partial charge in [-0.1, -0.05) is 35.9 Å². The van der Waals surface area contributed by atoms with Gasteiger partial charge in [0.05, 0.1) is 0 Å². The number of aromatic nitrogens is 1. The first-order valence-electron chi connectivity index (χ1n) is 9.82. The number of fused-ring (bicyclic) bond motifs is 1. The Morgan fingerprint density at radius 1 is 1.21 bits per heavy atom. The standard InChI is InChI=1S/C22H24ClN3O2/c1-15(16-6-8-18(23)9-7-16)24-14-21(27)26-12-10-17(11-13-26)22-25-19-4-2-3-5-20(19)28-22/h2-9,15,17,24H,10-14H2,1H3/p+1/t15-/m0/s1. The number of quaternary nitrogens is 1. The number of rotatable bonds is 5. The molecule has 0 spiro atoms. The quantitative estimate of drug-likeness (QED) is 0.715. The molecular weight excluding hydrogens is 374 g/mol. The van der Waals surface area contributed by atoms with Gasteiger partial charge in [0.2, 0.25) is 0 Å². The summed E-state index contributed by atoms with van der Waals surface area (Å²) in [6.07, 6.45) is 1.79. The van der Waals surface area contributed by atoms with E-state index in [0.29, 0.717) is 6.54 Å². The van der Waals surface area contributed by atoms with Crippen molar-refractivity contribution in [1.82, 2.24) is 9.88 Å². The molecule has 1 aliphatic heterocycles. The molecule has 1 aromatic heterocycles. The van der Waals surface area contributed by atoms with Crippen LogP contribution in [0.15, 0.2) is 52.9 Å². The summed E-state index contributed by atoms with van der Waals surface area (Å²) in [5.74, 6) is 1.28. The third kappa shape index (κ3) is 4.21. The lowest BCUT2D eigenvalue weighted by Crippen LogP contribution is -2.87. The summed E-state index contributed by atoms with van der Waals surface area (Å²) in [4.78, 5) is 19.2. The highest BCUT2D eigenvalue weighted by Crippen LogP contribution is 2.29. The van der Waals surface area contributed by atoms with Crippen molar-refractivity contribution in [2.45, 2.75) is 31.7 Å². The van der Waals surface area contributed by atoms with Crippen LogP contribution < -0.4 is 5.32 Å². The number of piperidine rings is 1. The van der Waals surface area contributed by atoms with Gasteiger partial charge in [0, 0.05) is 29.6 Å². The number of para-hydroxylation sites is 2. The Morgan fingerprint density at radius 3 is 2.64 bits per heavy atom. The fraction of sp³-hybridized carbons (Fsp3) is 0.364. The lowest BCUT2D eigenvalue weighted by molar-refractivity contribution is -0.683. The van der Waals surface area contributed by atoms with E-state index in [4.69, 9.17) is 16.0 Å². The van der Waals surface area contributed by atoms with Gasteiger partial charge in [-0.05, 0) is 44.0 Å². The molecule has 1 atom stereocenters. The molecule has 3 aromatic rings. The summed E-state index contributed by atoms with van der Waals surface area (Å²) < 4.78 is 5.91. The number of likely N-dealkylation sites (tertiary alicyclic amines) is 1. The van der Waals surface area contributed by atoms with Crippen LogP contribution in [-0.2, 0) is 4.79 Å². The molecule has 1 amide bonds. The Hall–Kier alpha value is -2.37. The molecule has 1 aliphatic rings. The van der Waals surface area contributed by atoms with E-state index in [1.165, 1.54) is 5.56 Å². The summed E-state index contributed by atoms with van der Waals surface area (Å²) in [6.45, 7) is 4.07. The van der Waals surface area contributed by atoms with Crippen molar-refractivity contribution in [3.8, 4) is 0 Å². The molecule has 0 aliphatic carbocycles. The molecule has 2 aromatic carbocycles. The number of nitrogens with two attached hydrogens (primary N) is 1. The zero-order valence-corrected chi connectivity index (χ0v) is 16.7. The molecule has 1 fully saturated rings. The van der Waals surface area contributed by atoms with E-state index in [-0.39, 0.29) is 17.9 Å². The Bertz CT molecular complexity index is 913. The van der Waals surface area contributed by atoms with E-state index in [2.05, 4.69) is 17.2 Å². The number of benzene rings is 2. The Labute approximate surface area is 169 Å². The summed E-state index contributed by atoms with van der Waals surface area (Å²) >= 11 is 5.94. The van der Waals surface area contributed by atoms with E-state index in [1.807, 2.05) is 53.4 Å². The molecule has 0 saturated carbocycles. The van der Waals surface area contributed by atoms with Gasteiger partial charge in [-0.25, -0.2) is 4.98 Å². The topological polar surface area (TPSA) is 63.0 Å². The van der Waals surface area contributed by atoms with Crippen LogP contribution in [0.2, 0.25) is 5.02 Å². The SMILES string of the molecule is C[C@H]([NH2+]CC(=O)N1CCC(c2nc3ccccc3o2)CC1)c1ccc(Cl)cc1. The first-order valence-corrected chi connectivity index (χ1v) is 10.2. The van der Waals surface area contributed by atoms with Crippen LogP contribution in [0, 0.1) is 0 Å². The van der Waals surface area contributed by atoms with Crippen molar-refractivity contribution in [2.75, 3.05) is 19.6 Å². The van der Waals surface area contributed by atoms with Crippen LogP contribution in [0.5, 0.6) is 0 Å². The van der Waals surface area contributed by atoms with Crippen molar-refractivity contribution in [3.05, 3.63) is 65.0 Å².